The van der Waals surface area contributed by atoms with Crippen molar-refractivity contribution in [1.29, 1.82) is 0 Å². The number of carbonyl (C=O) groups excluding carboxylic acids is 1. The van der Waals surface area contributed by atoms with Gasteiger partial charge in [0.05, 0.1) is 0 Å². The maximum atomic E-state index is 13.4. The molecular weight excluding hydrogens is 217 g/mol. The fraction of sp³-hybridized carbons (Fsp3) is 0.500. The molecule has 0 aliphatic heterocycles. The summed E-state index contributed by atoms with van der Waals surface area (Å²) in [4.78, 5) is 12.1. The summed E-state index contributed by atoms with van der Waals surface area (Å²) < 4.78 is 13.4. The smallest absolute Gasteiger partial charge is 0.141 e. The lowest BCUT2D eigenvalue weighted by atomic mass is 9.80. The van der Waals surface area contributed by atoms with Crippen LogP contribution in [0.3, 0.4) is 0 Å². The van der Waals surface area contributed by atoms with Crippen molar-refractivity contribution in [2.75, 3.05) is 0 Å². The van der Waals surface area contributed by atoms with Gasteiger partial charge in [0, 0.05) is 18.4 Å². The minimum Gasteiger partial charge on any atom is -0.327 e. The predicted octanol–water partition coefficient (Wildman–Crippen LogP) is 2.45. The maximum absolute atomic E-state index is 13.4. The monoisotopic (exact) mass is 235 g/mol. The third-order valence-electron chi connectivity index (χ3n) is 3.56. The fourth-order valence-corrected chi connectivity index (χ4v) is 2.52. The van der Waals surface area contributed by atoms with E-state index in [0.29, 0.717) is 5.56 Å². The van der Waals surface area contributed by atoms with E-state index in [4.69, 9.17) is 5.73 Å². The van der Waals surface area contributed by atoms with Crippen LogP contribution < -0.4 is 5.73 Å². The van der Waals surface area contributed by atoms with Gasteiger partial charge in [0.1, 0.15) is 11.6 Å². The van der Waals surface area contributed by atoms with Gasteiger partial charge in [-0.15, -0.1) is 0 Å². The number of halogens is 1. The highest BCUT2D eigenvalue weighted by molar-refractivity contribution is 5.84. The molecule has 1 aliphatic carbocycles. The topological polar surface area (TPSA) is 43.1 Å². The summed E-state index contributed by atoms with van der Waals surface area (Å²) in [6.45, 7) is 0. The Kier molecular flexibility index (Phi) is 3.89. The number of ketones is 1. The van der Waals surface area contributed by atoms with Gasteiger partial charge in [-0.1, -0.05) is 31.0 Å². The Morgan fingerprint density at radius 2 is 2.00 bits per heavy atom. The molecular formula is C14H18FNO. The molecule has 2 unspecified atom stereocenters. The second kappa shape index (κ2) is 5.41. The number of benzene rings is 1. The van der Waals surface area contributed by atoms with Crippen molar-refractivity contribution in [3.8, 4) is 0 Å². The van der Waals surface area contributed by atoms with Crippen LogP contribution in [0.5, 0.6) is 0 Å². The molecule has 1 saturated carbocycles. The molecule has 2 N–H and O–H groups in total. The molecule has 17 heavy (non-hydrogen) atoms. The van der Waals surface area contributed by atoms with Crippen LogP contribution >= 0.6 is 0 Å². The zero-order chi connectivity index (χ0) is 12.3. The molecule has 0 radical (unpaired) electrons. The van der Waals surface area contributed by atoms with Crippen LogP contribution in [0.25, 0.3) is 0 Å². The summed E-state index contributed by atoms with van der Waals surface area (Å²) in [6, 6.07) is 6.41. The number of nitrogens with two attached hydrogens (primary N) is 1. The van der Waals surface area contributed by atoms with Crippen LogP contribution in [0, 0.1) is 11.7 Å². The highest BCUT2D eigenvalue weighted by Crippen LogP contribution is 2.25. The van der Waals surface area contributed by atoms with Gasteiger partial charge < -0.3 is 5.73 Å². The number of rotatable bonds is 3. The van der Waals surface area contributed by atoms with Crippen LogP contribution in [0.1, 0.15) is 31.2 Å². The molecule has 1 fully saturated rings. The Morgan fingerprint density at radius 1 is 1.29 bits per heavy atom. The third-order valence-corrected chi connectivity index (χ3v) is 3.56. The zero-order valence-electron chi connectivity index (χ0n) is 9.86. The van der Waals surface area contributed by atoms with Gasteiger partial charge in [-0.05, 0) is 24.5 Å². The molecule has 2 rings (SSSR count). The molecule has 0 saturated heterocycles. The summed E-state index contributed by atoms with van der Waals surface area (Å²) in [6.07, 6.45) is 4.10. The van der Waals surface area contributed by atoms with Crippen molar-refractivity contribution >= 4 is 5.78 Å². The quantitative estimate of drug-likeness (QED) is 0.874. The fourth-order valence-electron chi connectivity index (χ4n) is 2.52. The zero-order valence-corrected chi connectivity index (χ0v) is 9.86. The number of hydrogen-bond acceptors (Lipinski definition) is 2. The molecule has 92 valence electrons. The molecule has 0 bridgehead atoms. The number of carbonyl (C=O) groups is 1. The van der Waals surface area contributed by atoms with Crippen molar-refractivity contribution < 1.29 is 9.18 Å². The van der Waals surface area contributed by atoms with Crippen molar-refractivity contribution in [3.63, 3.8) is 0 Å². The molecule has 0 amide bonds. The van der Waals surface area contributed by atoms with E-state index in [1.807, 2.05) is 0 Å². The van der Waals surface area contributed by atoms with Crippen LogP contribution in [0.4, 0.5) is 4.39 Å². The number of Topliss-reactive ketones (excluding diaryl/α,β-unsaturated/α-hetero) is 1. The first-order valence-corrected chi connectivity index (χ1v) is 6.20. The average molecular weight is 235 g/mol. The first-order chi connectivity index (χ1) is 8.18. The molecule has 1 aliphatic rings. The lowest BCUT2D eigenvalue weighted by Crippen LogP contribution is -2.38. The first-order valence-electron chi connectivity index (χ1n) is 6.20. The van der Waals surface area contributed by atoms with Gasteiger partial charge in [-0.25, -0.2) is 4.39 Å². The summed E-state index contributed by atoms with van der Waals surface area (Å²) in [5, 5.41) is 0. The van der Waals surface area contributed by atoms with E-state index in [1.54, 1.807) is 18.2 Å². The standard InChI is InChI=1S/C14H18FNO/c15-12-7-3-1-5-10(12)9-14(17)11-6-2-4-8-13(11)16/h1,3,5,7,11,13H,2,4,6,8-9,16H2. The maximum Gasteiger partial charge on any atom is 0.141 e. The Balaban J connectivity index is 2.03. The van der Waals surface area contributed by atoms with Crippen LogP contribution in [-0.2, 0) is 11.2 Å². The second-order valence-corrected chi connectivity index (χ2v) is 4.79. The lowest BCUT2D eigenvalue weighted by molar-refractivity contribution is -0.123. The van der Waals surface area contributed by atoms with Crippen LogP contribution in [0.2, 0.25) is 0 Å². The molecule has 1 aromatic carbocycles. The molecule has 3 heteroatoms. The Labute approximate surface area is 101 Å². The molecule has 1 aromatic rings. The van der Waals surface area contributed by atoms with Gasteiger partial charge in [0.15, 0.2) is 0 Å². The van der Waals surface area contributed by atoms with E-state index in [1.165, 1.54) is 6.07 Å². The Bertz CT molecular complexity index is 405. The molecule has 2 nitrogen and oxygen atoms in total. The minimum atomic E-state index is -0.301. The normalized spacial score (nSPS) is 24.6. The van der Waals surface area contributed by atoms with Crippen LogP contribution in [-0.4, -0.2) is 11.8 Å². The third kappa shape index (κ3) is 2.91. The number of hydrogen-bond donors (Lipinski definition) is 1. The van der Waals surface area contributed by atoms with E-state index in [-0.39, 0.29) is 30.0 Å². The molecule has 2 atom stereocenters. The SMILES string of the molecule is NC1CCCCC1C(=O)Cc1ccccc1F. The average Bonchev–Trinajstić information content (AvgIpc) is 2.32. The Hall–Kier alpha value is -1.22. The van der Waals surface area contributed by atoms with E-state index in [0.717, 1.165) is 25.7 Å². The van der Waals surface area contributed by atoms with Gasteiger partial charge in [-0.3, -0.25) is 4.79 Å². The van der Waals surface area contributed by atoms with E-state index >= 15 is 0 Å². The van der Waals surface area contributed by atoms with E-state index in [9.17, 15) is 9.18 Å². The highest BCUT2D eigenvalue weighted by atomic mass is 19.1. The highest BCUT2D eigenvalue weighted by Gasteiger charge is 2.28. The first kappa shape index (κ1) is 12.2. The van der Waals surface area contributed by atoms with Crippen molar-refractivity contribution in [3.05, 3.63) is 35.6 Å². The van der Waals surface area contributed by atoms with Crippen LogP contribution in [0.15, 0.2) is 24.3 Å². The summed E-state index contributed by atoms with van der Waals surface area (Å²) in [7, 11) is 0. The molecule has 0 spiro atoms. The summed E-state index contributed by atoms with van der Waals surface area (Å²) >= 11 is 0. The summed E-state index contributed by atoms with van der Waals surface area (Å²) in [5.74, 6) is -0.295. The van der Waals surface area contributed by atoms with Gasteiger partial charge in [0.2, 0.25) is 0 Å². The second-order valence-electron chi connectivity index (χ2n) is 4.79. The Morgan fingerprint density at radius 3 is 2.71 bits per heavy atom. The van der Waals surface area contributed by atoms with Crippen molar-refractivity contribution in [2.24, 2.45) is 11.7 Å². The minimum absolute atomic E-state index is 0.0389. The van der Waals surface area contributed by atoms with Crippen molar-refractivity contribution in [1.82, 2.24) is 0 Å². The molecule has 0 aromatic heterocycles. The van der Waals surface area contributed by atoms with Gasteiger partial charge in [0.25, 0.3) is 0 Å². The molecule has 0 heterocycles. The van der Waals surface area contributed by atoms with Gasteiger partial charge >= 0.3 is 0 Å². The largest absolute Gasteiger partial charge is 0.327 e. The lowest BCUT2D eigenvalue weighted by Gasteiger charge is -2.27. The van der Waals surface area contributed by atoms with E-state index in [2.05, 4.69) is 0 Å². The predicted molar refractivity (Wildman–Crippen MR) is 65.0 cm³/mol. The van der Waals surface area contributed by atoms with E-state index < -0.39 is 0 Å². The van der Waals surface area contributed by atoms with Crippen molar-refractivity contribution in [2.45, 2.75) is 38.1 Å². The summed E-state index contributed by atoms with van der Waals surface area (Å²) in [5.41, 5.74) is 6.44. The van der Waals surface area contributed by atoms with Gasteiger partial charge in [-0.2, -0.15) is 0 Å².